The molecule has 8 heteroatoms. The first-order chi connectivity index (χ1) is 14.5. The minimum atomic E-state index is -0.0149. The maximum Gasteiger partial charge on any atom is 0.250 e. The molecule has 0 fully saturated rings. The number of ether oxygens (including phenoxy) is 1. The highest BCUT2D eigenvalue weighted by Gasteiger charge is 2.31. The number of anilines is 1. The molecule has 7 nitrogen and oxygen atoms in total. The Labute approximate surface area is 179 Å². The molecule has 2 aromatic heterocycles. The summed E-state index contributed by atoms with van der Waals surface area (Å²) in [6.07, 6.45) is 4.36. The van der Waals surface area contributed by atoms with E-state index in [1.54, 1.807) is 36.0 Å². The van der Waals surface area contributed by atoms with E-state index in [1.165, 1.54) is 10.5 Å². The Morgan fingerprint density at radius 3 is 2.80 bits per heavy atom. The number of fused-ring (bicyclic) bond motifs is 2. The van der Waals surface area contributed by atoms with Crippen molar-refractivity contribution < 1.29 is 4.74 Å². The number of rotatable bonds is 3. The van der Waals surface area contributed by atoms with E-state index in [0.29, 0.717) is 6.61 Å². The Morgan fingerprint density at radius 1 is 1.17 bits per heavy atom. The fourth-order valence-corrected chi connectivity index (χ4v) is 5.00. The molecule has 0 amide bonds. The molecule has 0 saturated carbocycles. The second kappa shape index (κ2) is 7.36. The number of aromatic nitrogens is 4. The van der Waals surface area contributed by atoms with Gasteiger partial charge in [-0.05, 0) is 60.7 Å². The third-order valence-corrected chi connectivity index (χ3v) is 6.62. The predicted octanol–water partition coefficient (Wildman–Crippen LogP) is 3.89. The highest BCUT2D eigenvalue weighted by atomic mass is 32.2. The van der Waals surface area contributed by atoms with Crippen LogP contribution in [0.3, 0.4) is 0 Å². The van der Waals surface area contributed by atoms with Gasteiger partial charge in [0.1, 0.15) is 12.1 Å². The normalized spacial score (nSPS) is 15.8. The standard InChI is InChI=1S/C22H23N5O2S/c1-14(2)27-22(23-13-24-27)26-12-18-17-10-15(16-5-7-21(28)25(3)11-16)4-6-19(17)29-9-8-20(18)30-26/h4-7,10-11,13-14H,8-9,12H2,1-3H3. The van der Waals surface area contributed by atoms with Crippen LogP contribution < -0.4 is 14.6 Å². The van der Waals surface area contributed by atoms with Crippen molar-refractivity contribution in [1.29, 1.82) is 0 Å². The lowest BCUT2D eigenvalue weighted by atomic mass is 9.98. The van der Waals surface area contributed by atoms with Crippen LogP contribution in [0.15, 0.2) is 52.6 Å². The van der Waals surface area contributed by atoms with Crippen LogP contribution in [-0.4, -0.2) is 32.5 Å². The van der Waals surface area contributed by atoms with Gasteiger partial charge in [-0.2, -0.15) is 10.1 Å². The fraction of sp³-hybridized carbons (Fsp3) is 0.318. The summed E-state index contributed by atoms with van der Waals surface area (Å²) in [4.78, 5) is 17.6. The number of hydrogen-bond donors (Lipinski definition) is 0. The molecule has 0 saturated heterocycles. The van der Waals surface area contributed by atoms with Gasteiger partial charge >= 0.3 is 0 Å². The summed E-state index contributed by atoms with van der Waals surface area (Å²) >= 11 is 1.73. The molecule has 0 unspecified atom stereocenters. The third-order valence-electron chi connectivity index (χ3n) is 5.44. The molecule has 2 aliphatic rings. The summed E-state index contributed by atoms with van der Waals surface area (Å²) in [5.74, 6) is 1.78. The van der Waals surface area contributed by atoms with Gasteiger partial charge in [-0.15, -0.1) is 0 Å². The molecule has 4 heterocycles. The van der Waals surface area contributed by atoms with E-state index in [-0.39, 0.29) is 11.6 Å². The largest absolute Gasteiger partial charge is 0.493 e. The van der Waals surface area contributed by atoms with Crippen LogP contribution in [0.25, 0.3) is 16.7 Å². The van der Waals surface area contributed by atoms with Crippen molar-refractivity contribution in [2.75, 3.05) is 17.5 Å². The van der Waals surface area contributed by atoms with E-state index in [2.05, 4.69) is 40.4 Å². The predicted molar refractivity (Wildman–Crippen MR) is 119 cm³/mol. The van der Waals surface area contributed by atoms with Crippen molar-refractivity contribution in [1.82, 2.24) is 19.3 Å². The molecule has 0 bridgehead atoms. The van der Waals surface area contributed by atoms with Crippen LogP contribution >= 0.6 is 11.9 Å². The average Bonchev–Trinajstić information content (AvgIpc) is 3.34. The smallest absolute Gasteiger partial charge is 0.250 e. The van der Waals surface area contributed by atoms with E-state index in [4.69, 9.17) is 4.74 Å². The zero-order chi connectivity index (χ0) is 20.8. The number of benzene rings is 1. The topological polar surface area (TPSA) is 65.2 Å². The molecule has 30 heavy (non-hydrogen) atoms. The lowest BCUT2D eigenvalue weighted by Gasteiger charge is -2.20. The second-order valence-electron chi connectivity index (χ2n) is 7.80. The van der Waals surface area contributed by atoms with Crippen molar-refractivity contribution in [3.63, 3.8) is 0 Å². The minimum absolute atomic E-state index is 0.0149. The molecule has 0 N–H and O–H groups in total. The van der Waals surface area contributed by atoms with Crippen molar-refractivity contribution in [2.45, 2.75) is 26.3 Å². The van der Waals surface area contributed by atoms with Gasteiger partial charge in [0.2, 0.25) is 11.5 Å². The first kappa shape index (κ1) is 19.0. The highest BCUT2D eigenvalue weighted by molar-refractivity contribution is 8.04. The van der Waals surface area contributed by atoms with Crippen molar-refractivity contribution in [3.05, 3.63) is 63.7 Å². The molecular weight excluding hydrogens is 398 g/mol. The summed E-state index contributed by atoms with van der Waals surface area (Å²) in [6, 6.07) is 9.99. The minimum Gasteiger partial charge on any atom is -0.493 e. The average molecular weight is 422 g/mol. The van der Waals surface area contributed by atoms with Crippen molar-refractivity contribution in [2.24, 2.45) is 7.05 Å². The summed E-state index contributed by atoms with van der Waals surface area (Å²) in [7, 11) is 1.77. The van der Waals surface area contributed by atoms with Gasteiger partial charge < -0.3 is 9.30 Å². The van der Waals surface area contributed by atoms with Gasteiger partial charge in [-0.1, -0.05) is 6.07 Å². The first-order valence-electron chi connectivity index (χ1n) is 10.0. The van der Waals surface area contributed by atoms with Crippen LogP contribution in [-0.2, 0) is 7.05 Å². The molecule has 5 rings (SSSR count). The van der Waals surface area contributed by atoms with Crippen LogP contribution in [0.1, 0.15) is 31.9 Å². The zero-order valence-electron chi connectivity index (χ0n) is 17.2. The summed E-state index contributed by atoms with van der Waals surface area (Å²) in [5, 5.41) is 4.39. The monoisotopic (exact) mass is 421 g/mol. The van der Waals surface area contributed by atoms with E-state index >= 15 is 0 Å². The second-order valence-corrected chi connectivity index (χ2v) is 8.92. The Balaban J connectivity index is 1.53. The third kappa shape index (κ3) is 3.21. The van der Waals surface area contributed by atoms with Gasteiger partial charge in [0.25, 0.3) is 0 Å². The lowest BCUT2D eigenvalue weighted by Crippen LogP contribution is -2.19. The van der Waals surface area contributed by atoms with Gasteiger partial charge in [-0.3, -0.25) is 9.10 Å². The quantitative estimate of drug-likeness (QED) is 0.598. The van der Waals surface area contributed by atoms with Gasteiger partial charge in [-0.25, -0.2) is 4.68 Å². The van der Waals surface area contributed by atoms with Gasteiger partial charge in [0, 0.05) is 36.2 Å². The maximum atomic E-state index is 11.8. The molecular formula is C22H23N5O2S. The molecule has 0 spiro atoms. The molecule has 0 aliphatic carbocycles. The Morgan fingerprint density at radius 2 is 2.00 bits per heavy atom. The molecule has 3 aromatic rings. The van der Waals surface area contributed by atoms with Gasteiger partial charge in [0.15, 0.2) is 0 Å². The maximum absolute atomic E-state index is 11.8. The lowest BCUT2D eigenvalue weighted by molar-refractivity contribution is 0.326. The molecule has 154 valence electrons. The number of hydrogen-bond acceptors (Lipinski definition) is 6. The van der Waals surface area contributed by atoms with Crippen LogP contribution in [0, 0.1) is 0 Å². The number of nitrogens with zero attached hydrogens (tertiary/aromatic N) is 5. The molecule has 0 atom stereocenters. The molecule has 0 radical (unpaired) electrons. The molecule has 1 aromatic carbocycles. The van der Waals surface area contributed by atoms with Gasteiger partial charge in [0.05, 0.1) is 19.2 Å². The Kier molecular flexibility index (Phi) is 4.66. The van der Waals surface area contributed by atoms with Crippen molar-refractivity contribution >= 4 is 23.5 Å². The van der Waals surface area contributed by atoms with E-state index in [1.807, 2.05) is 23.0 Å². The van der Waals surface area contributed by atoms with Crippen LogP contribution in [0.5, 0.6) is 5.75 Å². The van der Waals surface area contributed by atoms with E-state index < -0.39 is 0 Å². The number of pyridine rings is 1. The Hall–Kier alpha value is -3.00. The van der Waals surface area contributed by atoms with E-state index in [9.17, 15) is 4.79 Å². The van der Waals surface area contributed by atoms with Crippen molar-refractivity contribution in [3.8, 4) is 16.9 Å². The number of aryl methyl sites for hydroxylation is 1. The SMILES string of the molecule is CC(C)n1ncnc1N1CC2=C(CCOc3ccc(-c4ccc(=O)n(C)c4)cc32)S1. The van der Waals surface area contributed by atoms with Crippen LogP contribution in [0.2, 0.25) is 0 Å². The van der Waals surface area contributed by atoms with E-state index in [0.717, 1.165) is 41.4 Å². The first-order valence-corrected chi connectivity index (χ1v) is 10.8. The van der Waals surface area contributed by atoms with Crippen LogP contribution in [0.4, 0.5) is 5.95 Å². The fourth-order valence-electron chi connectivity index (χ4n) is 3.87. The molecule has 2 aliphatic heterocycles. The summed E-state index contributed by atoms with van der Waals surface area (Å²) < 4.78 is 11.8. The highest BCUT2D eigenvalue weighted by Crippen LogP contribution is 2.46. The zero-order valence-corrected chi connectivity index (χ0v) is 18.0. The summed E-state index contributed by atoms with van der Waals surface area (Å²) in [6.45, 7) is 5.63. The summed E-state index contributed by atoms with van der Waals surface area (Å²) in [5.41, 5.74) is 4.44. The Bertz CT molecular complexity index is 1210.